The topological polar surface area (TPSA) is 65.5 Å². The number of aryl methyl sites for hydroxylation is 2. The van der Waals surface area contributed by atoms with E-state index in [1.54, 1.807) is 18.4 Å². The van der Waals surface area contributed by atoms with Gasteiger partial charge in [-0.15, -0.1) is 35.3 Å². The summed E-state index contributed by atoms with van der Waals surface area (Å²) < 4.78 is 0.944. The number of anilines is 1. The number of benzene rings is 1. The van der Waals surface area contributed by atoms with Gasteiger partial charge in [-0.25, -0.2) is 0 Å². The van der Waals surface area contributed by atoms with Crippen LogP contribution in [-0.2, 0) is 11.3 Å². The summed E-state index contributed by atoms with van der Waals surface area (Å²) in [6.45, 7) is 5.31. The Hall–Kier alpha value is -1.13. The zero-order valence-corrected chi connectivity index (χ0v) is 19.8. The summed E-state index contributed by atoms with van der Waals surface area (Å²) in [7, 11) is 1.72. The second-order valence-electron chi connectivity index (χ2n) is 5.64. The molecule has 5 nitrogen and oxygen atoms in total. The molecule has 1 aromatic heterocycles. The van der Waals surface area contributed by atoms with Gasteiger partial charge in [-0.1, -0.05) is 22.0 Å². The van der Waals surface area contributed by atoms with Gasteiger partial charge in [0.25, 0.3) is 0 Å². The highest BCUT2D eigenvalue weighted by molar-refractivity contribution is 14.0. The average Bonchev–Trinajstić information content (AvgIpc) is 2.99. The third-order valence-electron chi connectivity index (χ3n) is 3.73. The molecule has 3 N–H and O–H groups in total. The van der Waals surface area contributed by atoms with Crippen molar-refractivity contribution in [1.82, 2.24) is 10.6 Å². The Morgan fingerprint density at radius 1 is 1.19 bits per heavy atom. The Labute approximate surface area is 184 Å². The minimum Gasteiger partial charge on any atom is -0.356 e. The molecule has 1 heterocycles. The number of thiophene rings is 1. The van der Waals surface area contributed by atoms with E-state index in [1.165, 1.54) is 10.4 Å². The van der Waals surface area contributed by atoms with E-state index < -0.39 is 0 Å². The van der Waals surface area contributed by atoms with Crippen molar-refractivity contribution < 1.29 is 4.79 Å². The second-order valence-corrected chi connectivity index (χ2v) is 7.55. The van der Waals surface area contributed by atoms with Gasteiger partial charge >= 0.3 is 0 Å². The number of hydrogen-bond acceptors (Lipinski definition) is 3. The van der Waals surface area contributed by atoms with E-state index in [0.717, 1.165) is 22.3 Å². The maximum Gasteiger partial charge on any atom is 0.226 e. The lowest BCUT2D eigenvalue weighted by Gasteiger charge is -2.12. The molecule has 0 aliphatic carbocycles. The number of aliphatic imine (C=N–C) groups is 1. The molecule has 0 saturated heterocycles. The number of nitrogens with one attached hydrogen (secondary N) is 3. The van der Waals surface area contributed by atoms with Crippen LogP contribution in [0, 0.1) is 13.8 Å². The fraction of sp³-hybridized carbons (Fsp3) is 0.333. The van der Waals surface area contributed by atoms with Crippen LogP contribution in [0.1, 0.15) is 22.4 Å². The average molecular weight is 551 g/mol. The smallest absolute Gasteiger partial charge is 0.226 e. The molecule has 2 rings (SSSR count). The SMILES string of the molecule is CN=C(NCCC(=O)Nc1cc(Br)ccc1C)NCc1sccc1C.I. The van der Waals surface area contributed by atoms with Crippen LogP contribution in [0.3, 0.4) is 0 Å². The monoisotopic (exact) mass is 550 g/mol. The highest BCUT2D eigenvalue weighted by Crippen LogP contribution is 2.20. The quantitative estimate of drug-likeness (QED) is 0.283. The first-order valence-corrected chi connectivity index (χ1v) is 9.70. The van der Waals surface area contributed by atoms with Crippen LogP contribution in [0.4, 0.5) is 5.69 Å². The molecule has 0 atom stereocenters. The fourth-order valence-corrected chi connectivity index (χ4v) is 3.41. The first-order chi connectivity index (χ1) is 12.0. The lowest BCUT2D eigenvalue weighted by molar-refractivity contribution is -0.116. The van der Waals surface area contributed by atoms with Crippen molar-refractivity contribution in [1.29, 1.82) is 0 Å². The molecule has 26 heavy (non-hydrogen) atoms. The summed E-state index contributed by atoms with van der Waals surface area (Å²) in [5.74, 6) is 0.664. The number of hydrogen-bond donors (Lipinski definition) is 3. The summed E-state index contributed by atoms with van der Waals surface area (Å²) in [6.07, 6.45) is 0.366. The van der Waals surface area contributed by atoms with E-state index in [2.05, 4.69) is 55.2 Å². The van der Waals surface area contributed by atoms with Crippen molar-refractivity contribution in [3.63, 3.8) is 0 Å². The zero-order valence-electron chi connectivity index (χ0n) is 15.1. The summed E-state index contributed by atoms with van der Waals surface area (Å²) in [5, 5.41) is 11.4. The van der Waals surface area contributed by atoms with Crippen molar-refractivity contribution in [3.8, 4) is 0 Å². The lowest BCUT2D eigenvalue weighted by atomic mass is 10.2. The van der Waals surface area contributed by atoms with Crippen molar-refractivity contribution in [3.05, 3.63) is 50.1 Å². The molecule has 2 aromatic rings. The van der Waals surface area contributed by atoms with Crippen molar-refractivity contribution in [2.75, 3.05) is 18.9 Å². The van der Waals surface area contributed by atoms with E-state index >= 15 is 0 Å². The van der Waals surface area contributed by atoms with Crippen LogP contribution >= 0.6 is 51.2 Å². The largest absolute Gasteiger partial charge is 0.356 e. The zero-order chi connectivity index (χ0) is 18.2. The van der Waals surface area contributed by atoms with Crippen molar-refractivity contribution in [2.45, 2.75) is 26.8 Å². The van der Waals surface area contributed by atoms with Crippen LogP contribution in [0.15, 0.2) is 39.1 Å². The first-order valence-electron chi connectivity index (χ1n) is 8.03. The molecule has 0 unspecified atom stereocenters. The van der Waals surface area contributed by atoms with Gasteiger partial charge in [0.2, 0.25) is 5.91 Å². The Bertz CT molecular complexity index is 763. The van der Waals surface area contributed by atoms with Gasteiger partial charge in [0.15, 0.2) is 5.96 Å². The maximum absolute atomic E-state index is 12.1. The molecule has 0 fully saturated rings. The third kappa shape index (κ3) is 7.24. The highest BCUT2D eigenvalue weighted by Gasteiger charge is 2.07. The normalized spacial score (nSPS) is 10.8. The Morgan fingerprint density at radius 3 is 2.62 bits per heavy atom. The van der Waals surface area contributed by atoms with Crippen molar-refractivity contribution >= 4 is 68.8 Å². The van der Waals surface area contributed by atoms with Gasteiger partial charge in [0.05, 0.1) is 6.54 Å². The van der Waals surface area contributed by atoms with Crippen molar-refractivity contribution in [2.24, 2.45) is 4.99 Å². The van der Waals surface area contributed by atoms with E-state index in [1.807, 2.05) is 25.1 Å². The number of carbonyl (C=O) groups is 1. The molecule has 0 spiro atoms. The predicted octanol–water partition coefficient (Wildman–Crippen LogP) is 4.44. The summed E-state index contributed by atoms with van der Waals surface area (Å²) >= 11 is 5.14. The number of halogens is 2. The molecule has 1 amide bonds. The van der Waals surface area contributed by atoms with Crippen LogP contribution < -0.4 is 16.0 Å². The van der Waals surface area contributed by atoms with Gasteiger partial charge in [-0.2, -0.15) is 0 Å². The Kier molecular flexibility index (Phi) is 10.2. The van der Waals surface area contributed by atoms with Crippen LogP contribution in [0.25, 0.3) is 0 Å². The number of guanidine groups is 1. The summed E-state index contributed by atoms with van der Waals surface area (Å²) in [5.41, 5.74) is 3.14. The lowest BCUT2D eigenvalue weighted by Crippen LogP contribution is -2.38. The van der Waals surface area contributed by atoms with Gasteiger partial charge < -0.3 is 16.0 Å². The first kappa shape index (κ1) is 22.9. The molecule has 0 aliphatic rings. The second kappa shape index (κ2) is 11.6. The maximum atomic E-state index is 12.1. The number of rotatable bonds is 6. The molecular formula is C18H24BrIN4OS. The molecular weight excluding hydrogens is 527 g/mol. The molecule has 0 saturated carbocycles. The number of nitrogens with zero attached hydrogens (tertiary/aromatic N) is 1. The van der Waals surface area contributed by atoms with Gasteiger partial charge in [0, 0.05) is 35.1 Å². The van der Waals surface area contributed by atoms with Crippen LogP contribution in [-0.4, -0.2) is 25.5 Å². The Morgan fingerprint density at radius 2 is 1.96 bits per heavy atom. The molecule has 0 bridgehead atoms. The van der Waals surface area contributed by atoms with Gasteiger partial charge in [-0.05, 0) is 48.6 Å². The van der Waals surface area contributed by atoms with E-state index in [-0.39, 0.29) is 29.9 Å². The van der Waals surface area contributed by atoms with E-state index in [4.69, 9.17) is 0 Å². The van der Waals surface area contributed by atoms with Gasteiger partial charge in [-0.3, -0.25) is 9.79 Å². The Balaban J connectivity index is 0.00000338. The van der Waals surface area contributed by atoms with E-state index in [0.29, 0.717) is 18.9 Å². The third-order valence-corrected chi connectivity index (χ3v) is 5.24. The summed E-state index contributed by atoms with van der Waals surface area (Å²) in [4.78, 5) is 17.6. The number of carbonyl (C=O) groups excluding carboxylic acids is 1. The van der Waals surface area contributed by atoms with Crippen LogP contribution in [0.2, 0.25) is 0 Å². The van der Waals surface area contributed by atoms with Crippen LogP contribution in [0.5, 0.6) is 0 Å². The van der Waals surface area contributed by atoms with E-state index in [9.17, 15) is 4.79 Å². The fourth-order valence-electron chi connectivity index (χ4n) is 2.21. The minimum atomic E-state index is -0.0294. The molecule has 1 aromatic carbocycles. The molecule has 142 valence electrons. The standard InChI is InChI=1S/C18H23BrN4OS.HI/c1-12-4-5-14(19)10-15(12)23-17(24)6-8-21-18(20-3)22-11-16-13(2)7-9-25-16;/h4-5,7,9-10H,6,8,11H2,1-3H3,(H,23,24)(H2,20,21,22);1H. The minimum absolute atomic E-state index is 0. The highest BCUT2D eigenvalue weighted by atomic mass is 127. The molecule has 0 aliphatic heterocycles. The van der Waals surface area contributed by atoms with Gasteiger partial charge in [0.1, 0.15) is 0 Å². The summed E-state index contributed by atoms with van der Waals surface area (Å²) in [6, 6.07) is 7.93. The predicted molar refractivity (Wildman–Crippen MR) is 125 cm³/mol. The molecule has 8 heteroatoms. The molecule has 0 radical (unpaired) electrons. The number of amides is 1.